The lowest BCUT2D eigenvalue weighted by atomic mass is 9.84. The minimum absolute atomic E-state index is 0.190. The Morgan fingerprint density at radius 2 is 2.00 bits per heavy atom. The maximum absolute atomic E-state index is 12.5. The van der Waals surface area contributed by atoms with Gasteiger partial charge < -0.3 is 14.4 Å². The number of carbonyl (C=O) groups is 1. The number of rotatable bonds is 6. The zero-order valence-corrected chi connectivity index (χ0v) is 20.1. The second kappa shape index (κ2) is 9.55. The van der Waals surface area contributed by atoms with E-state index in [0.717, 1.165) is 41.1 Å². The van der Waals surface area contributed by atoms with Crippen LogP contribution < -0.4 is 9.64 Å². The fraction of sp³-hybridized carbons (Fsp3) is 0.480. The number of ether oxygens (including phenoxy) is 2. The molecule has 0 amide bonds. The summed E-state index contributed by atoms with van der Waals surface area (Å²) in [5.74, 6) is 2.17. The van der Waals surface area contributed by atoms with Gasteiger partial charge in [0.1, 0.15) is 5.75 Å². The largest absolute Gasteiger partial charge is 0.426 e. The smallest absolute Gasteiger partial charge is 0.311 e. The quantitative estimate of drug-likeness (QED) is 0.359. The van der Waals surface area contributed by atoms with Crippen molar-refractivity contribution in [2.75, 3.05) is 31.2 Å². The Labute approximate surface area is 193 Å². The lowest BCUT2D eigenvalue weighted by molar-refractivity contribution is -0.135. The molecule has 0 radical (unpaired) electrons. The zero-order chi connectivity index (χ0) is 22.7. The monoisotopic (exact) mass is 453 g/mol. The van der Waals surface area contributed by atoms with Gasteiger partial charge in [0.2, 0.25) is 0 Å². The van der Waals surface area contributed by atoms with Gasteiger partial charge in [0.15, 0.2) is 11.6 Å². The number of nitrogens with zero attached hydrogens (tertiary/aromatic N) is 3. The van der Waals surface area contributed by atoms with Crippen molar-refractivity contribution >= 4 is 33.3 Å². The predicted molar refractivity (Wildman–Crippen MR) is 129 cm³/mol. The summed E-state index contributed by atoms with van der Waals surface area (Å²) in [6.45, 7) is 11.7. The minimum atomic E-state index is -0.206. The van der Waals surface area contributed by atoms with Crippen LogP contribution in [0.5, 0.6) is 5.75 Å². The number of morpholine rings is 1. The van der Waals surface area contributed by atoms with Gasteiger partial charge in [-0.2, -0.15) is 0 Å². The van der Waals surface area contributed by atoms with Gasteiger partial charge >= 0.3 is 5.97 Å². The number of benzene rings is 1. The molecular weight excluding hydrogens is 422 g/mol. The average molecular weight is 454 g/mol. The number of anilines is 1. The molecule has 1 atom stereocenters. The van der Waals surface area contributed by atoms with E-state index in [4.69, 9.17) is 19.4 Å². The van der Waals surface area contributed by atoms with Gasteiger partial charge in [-0.25, -0.2) is 9.97 Å². The Morgan fingerprint density at radius 3 is 2.75 bits per heavy atom. The first-order valence-electron chi connectivity index (χ1n) is 11.2. The number of hydrogen-bond acceptors (Lipinski definition) is 7. The maximum atomic E-state index is 12.5. The van der Waals surface area contributed by atoms with Crippen LogP contribution in [0.1, 0.15) is 40.5 Å². The van der Waals surface area contributed by atoms with E-state index in [1.807, 2.05) is 35.7 Å². The molecule has 32 heavy (non-hydrogen) atoms. The first-order chi connectivity index (χ1) is 15.3. The fourth-order valence-electron chi connectivity index (χ4n) is 4.24. The van der Waals surface area contributed by atoms with Crippen molar-refractivity contribution < 1.29 is 14.3 Å². The summed E-state index contributed by atoms with van der Waals surface area (Å²) >= 11 is 1.66. The zero-order valence-electron chi connectivity index (χ0n) is 19.3. The third-order valence-corrected chi connectivity index (χ3v) is 6.30. The molecule has 1 aliphatic rings. The van der Waals surface area contributed by atoms with Crippen LogP contribution >= 0.6 is 11.3 Å². The van der Waals surface area contributed by atoms with Crippen LogP contribution in [0.25, 0.3) is 21.6 Å². The van der Waals surface area contributed by atoms with Gasteiger partial charge in [-0.1, -0.05) is 39.8 Å². The van der Waals surface area contributed by atoms with Crippen LogP contribution in [0.3, 0.4) is 0 Å². The second-order valence-corrected chi connectivity index (χ2v) is 10.6. The van der Waals surface area contributed by atoms with Gasteiger partial charge in [-0.15, -0.1) is 11.3 Å². The number of hydrogen-bond donors (Lipinski definition) is 0. The molecule has 0 aliphatic carbocycles. The summed E-state index contributed by atoms with van der Waals surface area (Å²) in [4.78, 5) is 24.4. The summed E-state index contributed by atoms with van der Waals surface area (Å²) < 4.78 is 12.3. The highest BCUT2D eigenvalue weighted by Crippen LogP contribution is 2.33. The molecule has 1 aromatic carbocycles. The summed E-state index contributed by atoms with van der Waals surface area (Å²) in [6.07, 6.45) is 1.38. The Hall–Kier alpha value is -2.51. The number of fused-ring (bicyclic) bond motifs is 1. The Kier molecular flexibility index (Phi) is 6.76. The maximum Gasteiger partial charge on any atom is 0.311 e. The molecule has 3 aromatic rings. The average Bonchev–Trinajstić information content (AvgIpc) is 3.21. The number of carbonyl (C=O) groups excluding carboxylic acids is 1. The molecule has 1 aliphatic heterocycles. The van der Waals surface area contributed by atoms with Crippen molar-refractivity contribution in [1.29, 1.82) is 0 Å². The molecule has 0 spiro atoms. The third-order valence-electron chi connectivity index (χ3n) is 5.40. The van der Waals surface area contributed by atoms with Gasteiger partial charge in [0.25, 0.3) is 0 Å². The lowest BCUT2D eigenvalue weighted by Crippen LogP contribution is -2.36. The molecular formula is C25H31N3O3S. The Morgan fingerprint density at radius 1 is 1.22 bits per heavy atom. The third kappa shape index (κ3) is 5.64. The first kappa shape index (κ1) is 22.7. The minimum Gasteiger partial charge on any atom is -0.426 e. The summed E-state index contributed by atoms with van der Waals surface area (Å²) in [5, 5.41) is 2.05. The molecule has 7 heteroatoms. The van der Waals surface area contributed by atoms with E-state index in [1.165, 1.54) is 0 Å². The summed E-state index contributed by atoms with van der Waals surface area (Å²) in [6, 6.07) is 9.52. The van der Waals surface area contributed by atoms with Crippen molar-refractivity contribution in [2.24, 2.45) is 11.3 Å². The number of aromatic nitrogens is 2. The number of thiophene rings is 1. The Balaban J connectivity index is 1.55. The summed E-state index contributed by atoms with van der Waals surface area (Å²) in [7, 11) is 0. The normalized spacial score (nSPS) is 15.7. The van der Waals surface area contributed by atoms with Crippen LogP contribution in [-0.2, 0) is 9.53 Å². The van der Waals surface area contributed by atoms with Crippen molar-refractivity contribution in [3.05, 3.63) is 35.7 Å². The molecule has 2 aromatic heterocycles. The Bertz CT molecular complexity index is 1080. The van der Waals surface area contributed by atoms with Crippen LogP contribution in [0.4, 0.5) is 5.82 Å². The lowest BCUT2D eigenvalue weighted by Gasteiger charge is -2.28. The second-order valence-electron chi connectivity index (χ2n) is 9.68. The van der Waals surface area contributed by atoms with Gasteiger partial charge in [-0.3, -0.25) is 4.79 Å². The molecule has 1 saturated heterocycles. The topological polar surface area (TPSA) is 64.5 Å². The highest BCUT2D eigenvalue weighted by Gasteiger charge is 2.20. The number of esters is 1. The van der Waals surface area contributed by atoms with Crippen LogP contribution in [0.15, 0.2) is 35.7 Å². The molecule has 0 saturated carbocycles. The van der Waals surface area contributed by atoms with Gasteiger partial charge in [-0.05, 0) is 41.3 Å². The molecule has 4 rings (SSSR count). The van der Waals surface area contributed by atoms with E-state index < -0.39 is 0 Å². The SMILES string of the molecule is CC(CC(=O)Oc1cccc(-c2nc(N3CCOCC3)c3sccc3n2)c1)CC(C)(C)C. The van der Waals surface area contributed by atoms with E-state index >= 15 is 0 Å². The molecule has 170 valence electrons. The first-order valence-corrected chi connectivity index (χ1v) is 12.1. The molecule has 0 N–H and O–H groups in total. The standard InChI is InChI=1S/C25H31N3O3S/c1-17(16-25(2,3)4)14-21(29)31-19-7-5-6-18(15-19)23-26-20-8-13-32-22(20)24(27-23)28-9-11-30-12-10-28/h5-8,13,15,17H,9-12,14,16H2,1-4H3. The van der Waals surface area contributed by atoms with Crippen molar-refractivity contribution in [2.45, 2.75) is 40.5 Å². The fourth-order valence-corrected chi connectivity index (χ4v) is 5.09. The van der Waals surface area contributed by atoms with Gasteiger partial charge in [0.05, 0.1) is 23.4 Å². The molecule has 1 unspecified atom stereocenters. The van der Waals surface area contributed by atoms with E-state index in [2.05, 4.69) is 32.6 Å². The highest BCUT2D eigenvalue weighted by atomic mass is 32.1. The molecule has 3 heterocycles. The van der Waals surface area contributed by atoms with Crippen LogP contribution in [-0.4, -0.2) is 42.2 Å². The summed E-state index contributed by atoms with van der Waals surface area (Å²) in [5.41, 5.74) is 1.95. The highest BCUT2D eigenvalue weighted by molar-refractivity contribution is 7.17. The van der Waals surface area contributed by atoms with Gasteiger partial charge in [0, 0.05) is 25.1 Å². The van der Waals surface area contributed by atoms with E-state index in [9.17, 15) is 4.79 Å². The van der Waals surface area contributed by atoms with Crippen molar-refractivity contribution in [3.8, 4) is 17.1 Å². The molecule has 1 fully saturated rings. The molecule has 6 nitrogen and oxygen atoms in total. The van der Waals surface area contributed by atoms with E-state index in [0.29, 0.717) is 31.2 Å². The van der Waals surface area contributed by atoms with E-state index in [1.54, 1.807) is 11.3 Å². The van der Waals surface area contributed by atoms with Crippen molar-refractivity contribution in [3.63, 3.8) is 0 Å². The van der Waals surface area contributed by atoms with Crippen LogP contribution in [0.2, 0.25) is 0 Å². The predicted octanol–water partition coefficient (Wildman–Crippen LogP) is 5.56. The van der Waals surface area contributed by atoms with Crippen LogP contribution in [0, 0.1) is 11.3 Å². The van der Waals surface area contributed by atoms with E-state index in [-0.39, 0.29) is 17.3 Å². The molecule has 0 bridgehead atoms. The van der Waals surface area contributed by atoms with Crippen molar-refractivity contribution in [1.82, 2.24) is 9.97 Å².